The first kappa shape index (κ1) is 10.3. The van der Waals surface area contributed by atoms with E-state index in [0.29, 0.717) is 5.92 Å². The van der Waals surface area contributed by atoms with Crippen LogP contribution in [-0.2, 0) is 0 Å². The molecule has 1 unspecified atom stereocenters. The Bertz CT molecular complexity index is 351. The van der Waals surface area contributed by atoms with E-state index in [9.17, 15) is 0 Å². The van der Waals surface area contributed by atoms with Gasteiger partial charge in [-0.3, -0.25) is 0 Å². The van der Waals surface area contributed by atoms with Gasteiger partial charge in [0.15, 0.2) is 0 Å². The molecule has 3 nitrogen and oxygen atoms in total. The smallest absolute Gasteiger partial charge is 0.0602 e. The number of nitrogens with zero attached hydrogens (tertiary/aromatic N) is 1. The number of anilines is 2. The monoisotopic (exact) mass is 206 g/mol. The van der Waals surface area contributed by atoms with Crippen LogP contribution in [0.3, 0.4) is 0 Å². The highest BCUT2D eigenvalue weighted by Gasteiger charge is 2.23. The molecule has 1 fully saturated rings. The fourth-order valence-electron chi connectivity index (χ4n) is 2.14. The third-order valence-electron chi connectivity index (χ3n) is 3.19. The Morgan fingerprint density at radius 2 is 2.33 bits per heavy atom. The molecule has 15 heavy (non-hydrogen) atoms. The minimum Gasteiger partial charge on any atom is -0.397 e. The lowest BCUT2D eigenvalue weighted by molar-refractivity contribution is 0.238. The molecule has 0 aromatic heterocycles. The Hall–Kier alpha value is -1.22. The molecule has 0 aliphatic carbocycles. The van der Waals surface area contributed by atoms with Gasteiger partial charge in [0.2, 0.25) is 0 Å². The zero-order valence-electron chi connectivity index (χ0n) is 9.11. The molecule has 1 aliphatic heterocycles. The van der Waals surface area contributed by atoms with Gasteiger partial charge in [0.05, 0.1) is 11.4 Å². The lowest BCUT2D eigenvalue weighted by Gasteiger charge is -2.21. The van der Waals surface area contributed by atoms with Gasteiger partial charge in [-0.05, 0) is 25.0 Å². The van der Waals surface area contributed by atoms with E-state index >= 15 is 0 Å². The van der Waals surface area contributed by atoms with Crippen LogP contribution in [0, 0.1) is 12.8 Å². The van der Waals surface area contributed by atoms with Gasteiger partial charge in [-0.25, -0.2) is 0 Å². The molecule has 0 spiro atoms. The van der Waals surface area contributed by atoms with Crippen LogP contribution in [0.25, 0.3) is 0 Å². The fraction of sp³-hybridized carbons (Fsp3) is 0.500. The van der Waals surface area contributed by atoms with Crippen molar-refractivity contribution in [1.82, 2.24) is 0 Å². The molecule has 0 radical (unpaired) electrons. The molecule has 1 heterocycles. The second-order valence-electron chi connectivity index (χ2n) is 4.29. The van der Waals surface area contributed by atoms with Gasteiger partial charge in [0.1, 0.15) is 0 Å². The van der Waals surface area contributed by atoms with Crippen molar-refractivity contribution < 1.29 is 5.11 Å². The first-order valence-electron chi connectivity index (χ1n) is 5.43. The van der Waals surface area contributed by atoms with Crippen LogP contribution < -0.4 is 10.6 Å². The van der Waals surface area contributed by atoms with E-state index in [0.717, 1.165) is 36.4 Å². The largest absolute Gasteiger partial charge is 0.397 e. The number of aliphatic hydroxyl groups is 1. The van der Waals surface area contributed by atoms with Gasteiger partial charge in [-0.15, -0.1) is 0 Å². The van der Waals surface area contributed by atoms with Gasteiger partial charge in [-0.1, -0.05) is 12.1 Å². The van der Waals surface area contributed by atoms with Gasteiger partial charge in [-0.2, -0.15) is 0 Å². The maximum Gasteiger partial charge on any atom is 0.0602 e. The Morgan fingerprint density at radius 3 is 3.00 bits per heavy atom. The summed E-state index contributed by atoms with van der Waals surface area (Å²) in [6.45, 7) is 4.23. The molecular formula is C12H18N2O. The molecule has 1 aliphatic rings. The van der Waals surface area contributed by atoms with Crippen molar-refractivity contribution in [3.63, 3.8) is 0 Å². The molecule has 0 amide bonds. The summed E-state index contributed by atoms with van der Waals surface area (Å²) in [5, 5.41) is 9.10. The molecule has 82 valence electrons. The molecule has 1 aromatic carbocycles. The standard InChI is InChI=1S/C12H18N2O/c1-9-3-2-4-11(12(9)13)14-6-5-10(7-14)8-15/h2-4,10,15H,5-8,13H2,1H3. The summed E-state index contributed by atoms with van der Waals surface area (Å²) in [7, 11) is 0. The number of benzene rings is 1. The predicted octanol–water partition coefficient (Wildman–Crippen LogP) is 1.40. The zero-order valence-corrected chi connectivity index (χ0v) is 9.11. The van der Waals surface area contributed by atoms with Gasteiger partial charge in [0.25, 0.3) is 0 Å². The van der Waals surface area contributed by atoms with Crippen molar-refractivity contribution in [2.75, 3.05) is 30.3 Å². The Kier molecular flexibility index (Phi) is 2.82. The van der Waals surface area contributed by atoms with E-state index in [1.165, 1.54) is 0 Å². The van der Waals surface area contributed by atoms with Crippen molar-refractivity contribution in [3.8, 4) is 0 Å². The van der Waals surface area contributed by atoms with E-state index in [-0.39, 0.29) is 6.61 Å². The molecule has 2 rings (SSSR count). The lowest BCUT2D eigenvalue weighted by atomic mass is 10.1. The van der Waals surface area contributed by atoms with Crippen LogP contribution in [0.15, 0.2) is 18.2 Å². The molecular weight excluding hydrogens is 188 g/mol. The summed E-state index contributed by atoms with van der Waals surface area (Å²) in [5.74, 6) is 0.407. The second-order valence-corrected chi connectivity index (χ2v) is 4.29. The highest BCUT2D eigenvalue weighted by atomic mass is 16.3. The summed E-state index contributed by atoms with van der Waals surface area (Å²) < 4.78 is 0. The van der Waals surface area contributed by atoms with Crippen LogP contribution in [0.5, 0.6) is 0 Å². The minimum absolute atomic E-state index is 0.280. The summed E-state index contributed by atoms with van der Waals surface area (Å²) in [4.78, 5) is 2.27. The lowest BCUT2D eigenvalue weighted by Crippen LogP contribution is -2.21. The summed E-state index contributed by atoms with van der Waals surface area (Å²) in [5.41, 5.74) is 9.16. The van der Waals surface area contributed by atoms with Crippen LogP contribution in [-0.4, -0.2) is 24.8 Å². The van der Waals surface area contributed by atoms with Crippen LogP contribution in [0.1, 0.15) is 12.0 Å². The highest BCUT2D eigenvalue weighted by molar-refractivity contribution is 5.71. The average Bonchev–Trinajstić information content (AvgIpc) is 2.70. The quantitative estimate of drug-likeness (QED) is 0.719. The van der Waals surface area contributed by atoms with Crippen molar-refractivity contribution in [2.45, 2.75) is 13.3 Å². The molecule has 3 heteroatoms. The van der Waals surface area contributed by atoms with E-state index < -0.39 is 0 Å². The van der Waals surface area contributed by atoms with Crippen molar-refractivity contribution in [3.05, 3.63) is 23.8 Å². The van der Waals surface area contributed by atoms with E-state index in [2.05, 4.69) is 11.0 Å². The maximum absolute atomic E-state index is 9.10. The first-order chi connectivity index (χ1) is 7.22. The third-order valence-corrected chi connectivity index (χ3v) is 3.19. The minimum atomic E-state index is 0.280. The SMILES string of the molecule is Cc1cccc(N2CCC(CO)C2)c1N. The normalized spacial score (nSPS) is 20.9. The summed E-state index contributed by atoms with van der Waals surface area (Å²) in [6.07, 6.45) is 1.06. The number of hydrogen-bond acceptors (Lipinski definition) is 3. The predicted molar refractivity (Wildman–Crippen MR) is 63.0 cm³/mol. The highest BCUT2D eigenvalue weighted by Crippen LogP contribution is 2.30. The van der Waals surface area contributed by atoms with Gasteiger partial charge >= 0.3 is 0 Å². The van der Waals surface area contributed by atoms with Gasteiger partial charge in [0, 0.05) is 25.6 Å². The van der Waals surface area contributed by atoms with Crippen LogP contribution in [0.4, 0.5) is 11.4 Å². The Labute approximate surface area is 90.5 Å². The number of hydrogen-bond donors (Lipinski definition) is 2. The van der Waals surface area contributed by atoms with Gasteiger partial charge < -0.3 is 15.7 Å². The van der Waals surface area contributed by atoms with E-state index in [1.54, 1.807) is 0 Å². The molecule has 1 aromatic rings. The fourth-order valence-corrected chi connectivity index (χ4v) is 2.14. The molecule has 0 bridgehead atoms. The number of para-hydroxylation sites is 1. The topological polar surface area (TPSA) is 49.5 Å². The number of nitrogen functional groups attached to an aromatic ring is 1. The van der Waals surface area contributed by atoms with E-state index in [1.807, 2.05) is 19.1 Å². The number of aryl methyl sites for hydroxylation is 1. The zero-order chi connectivity index (χ0) is 10.8. The van der Waals surface area contributed by atoms with Crippen LogP contribution in [0.2, 0.25) is 0 Å². The van der Waals surface area contributed by atoms with Crippen molar-refractivity contribution >= 4 is 11.4 Å². The molecule has 1 atom stereocenters. The second kappa shape index (κ2) is 4.11. The van der Waals surface area contributed by atoms with Crippen LogP contribution >= 0.6 is 0 Å². The Balaban J connectivity index is 2.20. The number of aliphatic hydroxyl groups excluding tert-OH is 1. The Morgan fingerprint density at radius 1 is 1.53 bits per heavy atom. The molecule has 1 saturated heterocycles. The number of nitrogens with two attached hydrogens (primary N) is 1. The maximum atomic E-state index is 9.10. The summed E-state index contributed by atoms with van der Waals surface area (Å²) >= 11 is 0. The average molecular weight is 206 g/mol. The molecule has 3 N–H and O–H groups in total. The van der Waals surface area contributed by atoms with Crippen molar-refractivity contribution in [2.24, 2.45) is 5.92 Å². The van der Waals surface area contributed by atoms with Crippen molar-refractivity contribution in [1.29, 1.82) is 0 Å². The summed E-state index contributed by atoms with van der Waals surface area (Å²) in [6, 6.07) is 6.12. The van der Waals surface area contributed by atoms with E-state index in [4.69, 9.17) is 10.8 Å². The third kappa shape index (κ3) is 1.92. The number of rotatable bonds is 2. The first-order valence-corrected chi connectivity index (χ1v) is 5.43. The molecule has 0 saturated carbocycles.